The number of amides is 2. The van der Waals surface area contributed by atoms with Crippen molar-refractivity contribution in [3.05, 3.63) is 12.2 Å². The highest BCUT2D eigenvalue weighted by Gasteiger charge is 2.21. The molecule has 7 heteroatoms. The van der Waals surface area contributed by atoms with E-state index >= 15 is 0 Å². The third-order valence-corrected chi connectivity index (χ3v) is 3.74. The molecule has 3 N–H and O–H groups in total. The fraction of sp³-hybridized carbons (Fsp3) is 0.706. The Morgan fingerprint density at radius 2 is 2.21 bits per heavy atom. The van der Waals surface area contributed by atoms with Gasteiger partial charge in [0.1, 0.15) is 6.61 Å². The van der Waals surface area contributed by atoms with Gasteiger partial charge in [0.25, 0.3) is 0 Å². The second kappa shape index (κ2) is 11.6. The Labute approximate surface area is 142 Å². The molecule has 0 fully saturated rings. The molecule has 1 aliphatic rings. The van der Waals surface area contributed by atoms with Crippen LogP contribution in [0.3, 0.4) is 0 Å². The number of nitrogens with one attached hydrogen (secondary N) is 2. The molecule has 1 aliphatic heterocycles. The van der Waals surface area contributed by atoms with Gasteiger partial charge in [-0.2, -0.15) is 0 Å². The number of carbonyl (C=O) groups excluding carboxylic acids is 3. The zero-order valence-corrected chi connectivity index (χ0v) is 14.3. The zero-order valence-electron chi connectivity index (χ0n) is 14.3. The smallest absolute Gasteiger partial charge is 0.305 e. The van der Waals surface area contributed by atoms with Crippen LogP contribution in [0.15, 0.2) is 12.2 Å². The van der Waals surface area contributed by atoms with Crippen molar-refractivity contribution in [2.45, 2.75) is 51.5 Å². The lowest BCUT2D eigenvalue weighted by molar-refractivity contribution is -0.144. The van der Waals surface area contributed by atoms with Gasteiger partial charge in [0, 0.05) is 18.9 Å². The van der Waals surface area contributed by atoms with Gasteiger partial charge in [-0.05, 0) is 32.6 Å². The molecule has 0 aromatic heterocycles. The van der Waals surface area contributed by atoms with E-state index in [2.05, 4.69) is 10.6 Å². The van der Waals surface area contributed by atoms with E-state index in [0.717, 1.165) is 19.3 Å². The predicted molar refractivity (Wildman–Crippen MR) is 89.0 cm³/mol. The van der Waals surface area contributed by atoms with E-state index in [1.54, 1.807) is 6.92 Å². The molecule has 136 valence electrons. The normalized spacial score (nSPS) is 22.0. The summed E-state index contributed by atoms with van der Waals surface area (Å²) in [6.07, 6.45) is 7.32. The number of aliphatic hydroxyl groups excluding tert-OH is 1. The summed E-state index contributed by atoms with van der Waals surface area (Å²) in [5.74, 6) is -1.23. The number of ether oxygens (including phenoxy) is 1. The number of aliphatic hydroxyl groups is 1. The van der Waals surface area contributed by atoms with Crippen LogP contribution in [0.25, 0.3) is 0 Å². The number of esters is 1. The molecule has 0 aliphatic carbocycles. The Morgan fingerprint density at radius 3 is 2.96 bits per heavy atom. The largest absolute Gasteiger partial charge is 0.464 e. The van der Waals surface area contributed by atoms with Crippen molar-refractivity contribution in [3.63, 3.8) is 0 Å². The van der Waals surface area contributed by atoms with Crippen LogP contribution in [0.2, 0.25) is 0 Å². The molecule has 2 atom stereocenters. The van der Waals surface area contributed by atoms with Gasteiger partial charge in [-0.1, -0.05) is 12.2 Å². The highest BCUT2D eigenvalue weighted by molar-refractivity contribution is 5.86. The molecular formula is C17H28N2O5. The van der Waals surface area contributed by atoms with E-state index in [1.807, 2.05) is 12.2 Å². The molecule has 0 aromatic rings. The van der Waals surface area contributed by atoms with Crippen LogP contribution in [0.5, 0.6) is 0 Å². The van der Waals surface area contributed by atoms with Crippen LogP contribution in [0.4, 0.5) is 0 Å². The van der Waals surface area contributed by atoms with Crippen molar-refractivity contribution in [2.24, 2.45) is 5.92 Å². The Hall–Kier alpha value is -1.89. The number of allylic oxidation sites excluding steroid dienone is 2. The molecule has 24 heavy (non-hydrogen) atoms. The Morgan fingerprint density at radius 1 is 1.42 bits per heavy atom. The maximum absolute atomic E-state index is 12.2. The highest BCUT2D eigenvalue weighted by Crippen LogP contribution is 2.12. The van der Waals surface area contributed by atoms with E-state index < -0.39 is 5.92 Å². The molecule has 1 rings (SSSR count). The number of cyclic esters (lactones) is 1. The van der Waals surface area contributed by atoms with E-state index in [4.69, 9.17) is 9.84 Å². The maximum atomic E-state index is 12.2. The van der Waals surface area contributed by atoms with Gasteiger partial charge in [0.2, 0.25) is 11.8 Å². The molecule has 2 amide bonds. The molecule has 0 saturated heterocycles. The first-order valence-corrected chi connectivity index (χ1v) is 8.51. The van der Waals surface area contributed by atoms with Crippen molar-refractivity contribution in [3.8, 4) is 0 Å². The molecule has 0 unspecified atom stereocenters. The fourth-order valence-electron chi connectivity index (χ4n) is 2.35. The molecule has 0 aromatic carbocycles. The van der Waals surface area contributed by atoms with Crippen molar-refractivity contribution in [1.82, 2.24) is 10.6 Å². The van der Waals surface area contributed by atoms with Crippen LogP contribution >= 0.6 is 0 Å². The lowest BCUT2D eigenvalue weighted by Crippen LogP contribution is -2.39. The summed E-state index contributed by atoms with van der Waals surface area (Å²) in [5.41, 5.74) is 0. The van der Waals surface area contributed by atoms with Gasteiger partial charge in [-0.15, -0.1) is 0 Å². The number of hydrogen-bond donors (Lipinski definition) is 3. The third kappa shape index (κ3) is 8.67. The standard InChI is InChI=1S/C17H28N2O5/c1-13(12-20)19-15(21)11-14-7-5-3-2-4-6-8-16(22)24-10-9-18-17(14)23/h3,5,13-14,20H,2,4,6-12H2,1H3,(H,18,23)(H,19,21)/t13-,14-/m1/s1. The molecule has 7 nitrogen and oxygen atoms in total. The number of rotatable bonds is 4. The van der Waals surface area contributed by atoms with Crippen molar-refractivity contribution < 1.29 is 24.2 Å². The van der Waals surface area contributed by atoms with Crippen LogP contribution in [0.1, 0.15) is 45.4 Å². The SMILES string of the molecule is C[C@H](CO)NC(=O)C[C@H]1CC=CCCCCC(=O)OCCNC1=O. The topological polar surface area (TPSA) is 105 Å². The summed E-state index contributed by atoms with van der Waals surface area (Å²) >= 11 is 0. The maximum Gasteiger partial charge on any atom is 0.305 e. The second-order valence-electron chi connectivity index (χ2n) is 6.02. The quantitative estimate of drug-likeness (QED) is 0.515. The summed E-state index contributed by atoms with van der Waals surface area (Å²) < 4.78 is 5.04. The first kappa shape index (κ1) is 20.2. The Bertz CT molecular complexity index is 450. The summed E-state index contributed by atoms with van der Waals surface area (Å²) in [5, 5.41) is 14.3. The van der Waals surface area contributed by atoms with Gasteiger partial charge in [0.05, 0.1) is 19.1 Å². The van der Waals surface area contributed by atoms with E-state index in [-0.39, 0.29) is 50.0 Å². The Balaban J connectivity index is 2.61. The summed E-state index contributed by atoms with van der Waals surface area (Å²) in [7, 11) is 0. The van der Waals surface area contributed by atoms with Crippen LogP contribution in [-0.4, -0.2) is 48.7 Å². The number of hydrogen-bond acceptors (Lipinski definition) is 5. The van der Waals surface area contributed by atoms with Crippen LogP contribution in [-0.2, 0) is 19.1 Å². The average molecular weight is 340 g/mol. The third-order valence-electron chi connectivity index (χ3n) is 3.74. The van der Waals surface area contributed by atoms with Crippen LogP contribution in [0, 0.1) is 5.92 Å². The second-order valence-corrected chi connectivity index (χ2v) is 6.02. The summed E-state index contributed by atoms with van der Waals surface area (Å²) in [6.45, 7) is 1.92. The van der Waals surface area contributed by atoms with E-state index in [9.17, 15) is 14.4 Å². The van der Waals surface area contributed by atoms with Gasteiger partial charge >= 0.3 is 5.97 Å². The molecule has 1 heterocycles. The van der Waals surface area contributed by atoms with Crippen LogP contribution < -0.4 is 10.6 Å². The summed E-state index contributed by atoms with van der Waals surface area (Å²) in [6, 6.07) is -0.339. The van der Waals surface area contributed by atoms with Crippen molar-refractivity contribution >= 4 is 17.8 Å². The predicted octanol–water partition coefficient (Wildman–Crippen LogP) is 0.669. The highest BCUT2D eigenvalue weighted by atomic mass is 16.5. The Kier molecular flexibility index (Phi) is 9.76. The molecule has 0 spiro atoms. The molecule has 0 saturated carbocycles. The van der Waals surface area contributed by atoms with E-state index in [0.29, 0.717) is 12.8 Å². The molecule has 0 radical (unpaired) electrons. The first-order chi connectivity index (χ1) is 11.5. The van der Waals surface area contributed by atoms with Gasteiger partial charge < -0.3 is 20.5 Å². The molecular weight excluding hydrogens is 312 g/mol. The minimum Gasteiger partial charge on any atom is -0.464 e. The lowest BCUT2D eigenvalue weighted by atomic mass is 9.98. The number of carbonyl (C=O) groups is 3. The van der Waals surface area contributed by atoms with Crippen molar-refractivity contribution in [1.29, 1.82) is 0 Å². The van der Waals surface area contributed by atoms with Gasteiger partial charge in [-0.3, -0.25) is 14.4 Å². The monoisotopic (exact) mass is 340 g/mol. The zero-order chi connectivity index (χ0) is 17.8. The fourth-order valence-corrected chi connectivity index (χ4v) is 2.35. The van der Waals surface area contributed by atoms with Gasteiger partial charge in [-0.25, -0.2) is 0 Å². The van der Waals surface area contributed by atoms with Gasteiger partial charge in [0.15, 0.2) is 0 Å². The first-order valence-electron chi connectivity index (χ1n) is 8.51. The minimum atomic E-state index is -0.481. The summed E-state index contributed by atoms with van der Waals surface area (Å²) in [4.78, 5) is 35.6. The lowest BCUT2D eigenvalue weighted by Gasteiger charge is -2.17. The van der Waals surface area contributed by atoms with Crippen molar-refractivity contribution in [2.75, 3.05) is 19.8 Å². The molecule has 0 bridgehead atoms. The minimum absolute atomic E-state index is 0.0559. The van der Waals surface area contributed by atoms with E-state index in [1.165, 1.54) is 0 Å². The average Bonchev–Trinajstić information content (AvgIpc) is 2.55.